The quantitative estimate of drug-likeness (QED) is 0.820. The Morgan fingerprint density at radius 1 is 1.43 bits per heavy atom. The Kier molecular flexibility index (Phi) is 2.53. The number of furan rings is 1. The molecule has 0 saturated carbocycles. The first-order valence-electron chi connectivity index (χ1n) is 4.54. The Bertz CT molecular complexity index is 473. The molecule has 0 bridgehead atoms. The summed E-state index contributed by atoms with van der Waals surface area (Å²) in [6.07, 6.45) is 0. The minimum atomic E-state index is -0.0433. The van der Waals surface area contributed by atoms with Crippen molar-refractivity contribution in [3.05, 3.63) is 33.1 Å². The standard InChI is InChI=1S/C11H12INO/c1-6-8-4-3-5-9(12)11(8)14-10(6)7(2)13/h3-5,7H,13H2,1-2H3. The zero-order valence-electron chi connectivity index (χ0n) is 8.17. The van der Waals surface area contributed by atoms with Crippen molar-refractivity contribution in [2.45, 2.75) is 19.9 Å². The third-order valence-electron chi connectivity index (χ3n) is 2.37. The Morgan fingerprint density at radius 3 is 2.71 bits per heavy atom. The van der Waals surface area contributed by atoms with Gasteiger partial charge in [-0.1, -0.05) is 12.1 Å². The number of hydrogen-bond donors (Lipinski definition) is 1. The first-order valence-corrected chi connectivity index (χ1v) is 5.62. The number of para-hydroxylation sites is 1. The van der Waals surface area contributed by atoms with Crippen LogP contribution in [0, 0.1) is 10.5 Å². The van der Waals surface area contributed by atoms with Gasteiger partial charge in [0.15, 0.2) is 0 Å². The summed E-state index contributed by atoms with van der Waals surface area (Å²) >= 11 is 2.28. The fraction of sp³-hybridized carbons (Fsp3) is 0.273. The third-order valence-corrected chi connectivity index (χ3v) is 3.22. The summed E-state index contributed by atoms with van der Waals surface area (Å²) in [6.45, 7) is 4.00. The first kappa shape index (κ1) is 9.98. The predicted octanol–water partition coefficient (Wildman–Crippen LogP) is 3.37. The van der Waals surface area contributed by atoms with Crippen molar-refractivity contribution < 1.29 is 4.42 Å². The number of aryl methyl sites for hydroxylation is 1. The molecule has 2 N–H and O–H groups in total. The smallest absolute Gasteiger partial charge is 0.147 e. The van der Waals surface area contributed by atoms with E-state index in [1.165, 1.54) is 5.39 Å². The van der Waals surface area contributed by atoms with Crippen molar-refractivity contribution in [3.8, 4) is 0 Å². The summed E-state index contributed by atoms with van der Waals surface area (Å²) in [6, 6.07) is 6.11. The van der Waals surface area contributed by atoms with Crippen LogP contribution in [-0.4, -0.2) is 0 Å². The minimum absolute atomic E-state index is 0.0433. The molecule has 0 aliphatic carbocycles. The summed E-state index contributed by atoms with van der Waals surface area (Å²) in [7, 11) is 0. The van der Waals surface area contributed by atoms with E-state index >= 15 is 0 Å². The topological polar surface area (TPSA) is 39.2 Å². The fourth-order valence-corrected chi connectivity index (χ4v) is 2.27. The molecular weight excluding hydrogens is 289 g/mol. The number of hydrogen-bond acceptors (Lipinski definition) is 2. The average Bonchev–Trinajstić information content (AvgIpc) is 2.46. The van der Waals surface area contributed by atoms with Gasteiger partial charge in [-0.05, 0) is 42.5 Å². The van der Waals surface area contributed by atoms with Crippen molar-refractivity contribution in [3.63, 3.8) is 0 Å². The zero-order chi connectivity index (χ0) is 10.3. The van der Waals surface area contributed by atoms with Crippen molar-refractivity contribution in [1.29, 1.82) is 0 Å². The molecule has 0 radical (unpaired) electrons. The van der Waals surface area contributed by atoms with Gasteiger partial charge in [-0.3, -0.25) is 0 Å². The van der Waals surface area contributed by atoms with Crippen LogP contribution in [0.15, 0.2) is 22.6 Å². The van der Waals surface area contributed by atoms with Gasteiger partial charge in [-0.2, -0.15) is 0 Å². The van der Waals surface area contributed by atoms with Gasteiger partial charge in [0.1, 0.15) is 11.3 Å². The van der Waals surface area contributed by atoms with Gasteiger partial charge in [0.2, 0.25) is 0 Å². The maximum Gasteiger partial charge on any atom is 0.147 e. The molecule has 2 aromatic rings. The molecular formula is C11H12INO. The maximum absolute atomic E-state index is 5.83. The number of halogens is 1. The molecule has 0 fully saturated rings. The molecule has 2 nitrogen and oxygen atoms in total. The molecule has 0 spiro atoms. The van der Waals surface area contributed by atoms with E-state index in [1.807, 2.05) is 19.1 Å². The van der Waals surface area contributed by atoms with Gasteiger partial charge < -0.3 is 10.2 Å². The van der Waals surface area contributed by atoms with Gasteiger partial charge in [-0.15, -0.1) is 0 Å². The summed E-state index contributed by atoms with van der Waals surface area (Å²) in [5, 5.41) is 1.17. The molecule has 74 valence electrons. The van der Waals surface area contributed by atoms with Crippen LogP contribution in [0.25, 0.3) is 11.0 Å². The lowest BCUT2D eigenvalue weighted by Gasteiger charge is -2.00. The van der Waals surface area contributed by atoms with Gasteiger partial charge in [0.25, 0.3) is 0 Å². The summed E-state index contributed by atoms with van der Waals surface area (Å²) < 4.78 is 6.89. The van der Waals surface area contributed by atoms with Crippen molar-refractivity contribution in [2.24, 2.45) is 5.73 Å². The molecule has 1 heterocycles. The van der Waals surface area contributed by atoms with Gasteiger partial charge in [0.05, 0.1) is 9.61 Å². The third kappa shape index (κ3) is 1.44. The van der Waals surface area contributed by atoms with E-state index in [2.05, 4.69) is 35.6 Å². The van der Waals surface area contributed by atoms with Crippen LogP contribution < -0.4 is 5.73 Å². The lowest BCUT2D eigenvalue weighted by Crippen LogP contribution is -2.04. The van der Waals surface area contributed by atoms with Crippen LogP contribution in [0.3, 0.4) is 0 Å². The van der Waals surface area contributed by atoms with Crippen LogP contribution in [-0.2, 0) is 0 Å². The van der Waals surface area contributed by atoms with Gasteiger partial charge in [0, 0.05) is 10.9 Å². The molecule has 2 rings (SSSR count). The highest BCUT2D eigenvalue weighted by molar-refractivity contribution is 14.1. The lowest BCUT2D eigenvalue weighted by molar-refractivity contribution is 0.508. The molecule has 1 aromatic heterocycles. The molecule has 3 heteroatoms. The Labute approximate surface area is 96.6 Å². The van der Waals surface area contributed by atoms with Gasteiger partial charge >= 0.3 is 0 Å². The second-order valence-corrected chi connectivity index (χ2v) is 4.66. The summed E-state index contributed by atoms with van der Waals surface area (Å²) in [5.74, 6) is 0.893. The number of fused-ring (bicyclic) bond motifs is 1. The van der Waals surface area contributed by atoms with E-state index in [-0.39, 0.29) is 6.04 Å². The molecule has 14 heavy (non-hydrogen) atoms. The minimum Gasteiger partial charge on any atom is -0.458 e. The van der Waals surface area contributed by atoms with Crippen LogP contribution in [0.4, 0.5) is 0 Å². The molecule has 1 atom stereocenters. The van der Waals surface area contributed by atoms with Crippen LogP contribution in [0.2, 0.25) is 0 Å². The highest BCUT2D eigenvalue weighted by Gasteiger charge is 2.14. The number of nitrogens with two attached hydrogens (primary N) is 1. The van der Waals surface area contributed by atoms with Crippen molar-refractivity contribution >= 4 is 33.6 Å². The molecule has 1 unspecified atom stereocenters. The highest BCUT2D eigenvalue weighted by Crippen LogP contribution is 2.31. The van der Waals surface area contributed by atoms with E-state index in [1.54, 1.807) is 0 Å². The molecule has 0 saturated heterocycles. The van der Waals surface area contributed by atoms with E-state index in [9.17, 15) is 0 Å². The number of rotatable bonds is 1. The molecule has 0 amide bonds. The Hall–Kier alpha value is -0.550. The lowest BCUT2D eigenvalue weighted by atomic mass is 10.1. The predicted molar refractivity (Wildman–Crippen MR) is 66.3 cm³/mol. The summed E-state index contributed by atoms with van der Waals surface area (Å²) in [5.41, 5.74) is 7.95. The SMILES string of the molecule is Cc1c(C(C)N)oc2c(I)cccc12. The Morgan fingerprint density at radius 2 is 2.14 bits per heavy atom. The van der Waals surface area contributed by atoms with E-state index in [0.717, 1.165) is 20.5 Å². The second-order valence-electron chi connectivity index (χ2n) is 3.50. The number of benzene rings is 1. The highest BCUT2D eigenvalue weighted by atomic mass is 127. The van der Waals surface area contributed by atoms with Crippen molar-refractivity contribution in [2.75, 3.05) is 0 Å². The summed E-state index contributed by atoms with van der Waals surface area (Å²) in [4.78, 5) is 0. The largest absolute Gasteiger partial charge is 0.458 e. The zero-order valence-corrected chi connectivity index (χ0v) is 10.3. The van der Waals surface area contributed by atoms with Crippen LogP contribution >= 0.6 is 22.6 Å². The molecule has 0 aliphatic heterocycles. The second kappa shape index (κ2) is 3.55. The van der Waals surface area contributed by atoms with Crippen LogP contribution in [0.5, 0.6) is 0 Å². The molecule has 0 aliphatic rings. The van der Waals surface area contributed by atoms with Crippen LogP contribution in [0.1, 0.15) is 24.3 Å². The maximum atomic E-state index is 5.83. The fourth-order valence-electron chi connectivity index (χ4n) is 1.66. The monoisotopic (exact) mass is 301 g/mol. The molecule has 1 aromatic carbocycles. The Balaban J connectivity index is 2.80. The van der Waals surface area contributed by atoms with E-state index in [0.29, 0.717) is 0 Å². The van der Waals surface area contributed by atoms with E-state index in [4.69, 9.17) is 10.2 Å². The van der Waals surface area contributed by atoms with Gasteiger partial charge in [-0.25, -0.2) is 0 Å². The van der Waals surface area contributed by atoms with Crippen molar-refractivity contribution in [1.82, 2.24) is 0 Å². The first-order chi connectivity index (χ1) is 6.61. The average molecular weight is 301 g/mol. The van der Waals surface area contributed by atoms with E-state index < -0.39 is 0 Å². The normalized spacial score (nSPS) is 13.4.